The maximum Gasteiger partial charge on any atom is 0.358 e. The van der Waals surface area contributed by atoms with Crippen molar-refractivity contribution in [1.82, 2.24) is 14.7 Å². The van der Waals surface area contributed by atoms with Gasteiger partial charge < -0.3 is 9.47 Å². The Hall–Kier alpha value is -3.38. The first kappa shape index (κ1) is 22.4. The minimum absolute atomic E-state index is 0.250. The van der Waals surface area contributed by atoms with Gasteiger partial charge in [-0.2, -0.15) is 5.10 Å². The first-order valence-electron chi connectivity index (χ1n) is 12.0. The second kappa shape index (κ2) is 9.47. The molecule has 0 saturated carbocycles. The van der Waals surface area contributed by atoms with E-state index in [1.54, 1.807) is 0 Å². The average molecular weight is 458 g/mol. The van der Waals surface area contributed by atoms with Crippen molar-refractivity contribution in [3.8, 4) is 5.75 Å². The number of benzene rings is 2. The average Bonchev–Trinajstić information content (AvgIpc) is 3.15. The Labute approximate surface area is 200 Å². The second-order valence-corrected chi connectivity index (χ2v) is 9.13. The fourth-order valence-electron chi connectivity index (χ4n) is 4.86. The van der Waals surface area contributed by atoms with E-state index >= 15 is 0 Å². The molecule has 2 aliphatic heterocycles. The lowest BCUT2D eigenvalue weighted by Crippen LogP contribution is -2.51. The molecule has 1 aromatic heterocycles. The third-order valence-electron chi connectivity index (χ3n) is 6.56. The first-order valence-corrected chi connectivity index (χ1v) is 12.0. The molecule has 0 radical (unpaired) electrons. The van der Waals surface area contributed by atoms with Gasteiger partial charge in [-0.1, -0.05) is 24.3 Å². The molecule has 2 aliphatic rings. The Balaban J connectivity index is 1.60. The van der Waals surface area contributed by atoms with Gasteiger partial charge in [-0.15, -0.1) is 0 Å². The van der Waals surface area contributed by atoms with Crippen molar-refractivity contribution in [2.45, 2.75) is 39.2 Å². The summed E-state index contributed by atoms with van der Waals surface area (Å²) in [6.07, 6.45) is 3.02. The molecular formula is C28H31N3O3. The Kier molecular flexibility index (Phi) is 6.24. The molecular weight excluding hydrogens is 426 g/mol. The van der Waals surface area contributed by atoms with Crippen LogP contribution in [-0.4, -0.2) is 53.5 Å². The number of aromatic nitrogens is 2. The van der Waals surface area contributed by atoms with Gasteiger partial charge in [0.25, 0.3) is 0 Å². The van der Waals surface area contributed by atoms with Gasteiger partial charge in [0, 0.05) is 24.3 Å². The summed E-state index contributed by atoms with van der Waals surface area (Å²) < 4.78 is 13.3. The Bertz CT molecular complexity index is 1220. The van der Waals surface area contributed by atoms with Crippen LogP contribution in [0.5, 0.6) is 5.75 Å². The minimum atomic E-state index is -0.380. The van der Waals surface area contributed by atoms with Crippen LogP contribution in [0.3, 0.4) is 0 Å². The number of likely N-dealkylation sites (N-methyl/N-ethyl adjacent to an activating group) is 1. The molecule has 0 N–H and O–H groups in total. The number of carbonyl (C=O) groups is 1. The topological polar surface area (TPSA) is 56.6 Å². The van der Waals surface area contributed by atoms with E-state index in [1.807, 2.05) is 29.8 Å². The highest BCUT2D eigenvalue weighted by Crippen LogP contribution is 2.37. The first-order chi connectivity index (χ1) is 16.5. The lowest BCUT2D eigenvalue weighted by molar-refractivity contribution is 0.0388. The number of allylic oxidation sites excluding steroid dienone is 1. The van der Waals surface area contributed by atoms with E-state index in [0.717, 1.165) is 55.1 Å². The normalized spacial score (nSPS) is 16.6. The number of rotatable bonds is 6. The molecule has 0 unspecified atom stereocenters. The highest BCUT2D eigenvalue weighted by Gasteiger charge is 2.26. The standard InChI is InChI=1S/C28H31N3O3/c1-4-33-28(32)26-16-21-9-7-11-25(24-10-6-5-8-19(24)2)27(31(21)29-26)20-12-14-22(15-13-20)34-23-17-30(3)18-23/h5-6,8,10,12-16,23H,4,7,9,11,17-18H2,1-3H3. The van der Waals surface area contributed by atoms with Gasteiger partial charge in [-0.25, -0.2) is 9.48 Å². The number of hydrogen-bond donors (Lipinski definition) is 0. The lowest BCUT2D eigenvalue weighted by atomic mass is 9.93. The molecule has 0 spiro atoms. The van der Waals surface area contributed by atoms with Gasteiger partial charge in [-0.05, 0) is 87.2 Å². The fraction of sp³-hybridized carbons (Fsp3) is 0.357. The Morgan fingerprint density at radius 3 is 2.56 bits per heavy atom. The van der Waals surface area contributed by atoms with Gasteiger partial charge in [0.2, 0.25) is 0 Å². The zero-order chi connectivity index (χ0) is 23.7. The summed E-state index contributed by atoms with van der Waals surface area (Å²) >= 11 is 0. The molecule has 1 saturated heterocycles. The fourth-order valence-corrected chi connectivity index (χ4v) is 4.86. The summed E-state index contributed by atoms with van der Waals surface area (Å²) in [5.74, 6) is 0.496. The van der Waals surface area contributed by atoms with Crippen molar-refractivity contribution < 1.29 is 14.3 Å². The molecule has 0 amide bonds. The summed E-state index contributed by atoms with van der Waals surface area (Å²) in [5.41, 5.74) is 7.14. The van der Waals surface area contributed by atoms with E-state index in [1.165, 1.54) is 16.7 Å². The molecule has 0 aliphatic carbocycles. The predicted octanol–water partition coefficient (Wildman–Crippen LogP) is 4.81. The molecule has 6 nitrogen and oxygen atoms in total. The number of ether oxygens (including phenoxy) is 2. The minimum Gasteiger partial charge on any atom is -0.488 e. The molecule has 1 fully saturated rings. The van der Waals surface area contributed by atoms with Crippen molar-refractivity contribution in [3.63, 3.8) is 0 Å². The largest absolute Gasteiger partial charge is 0.488 e. The summed E-state index contributed by atoms with van der Waals surface area (Å²) in [6, 6.07) is 18.6. The Morgan fingerprint density at radius 2 is 1.85 bits per heavy atom. The smallest absolute Gasteiger partial charge is 0.358 e. The summed E-state index contributed by atoms with van der Waals surface area (Å²) in [7, 11) is 2.10. The number of aryl methyl sites for hydroxylation is 2. The van der Waals surface area contributed by atoms with E-state index in [-0.39, 0.29) is 12.1 Å². The summed E-state index contributed by atoms with van der Waals surface area (Å²) in [4.78, 5) is 14.7. The zero-order valence-electron chi connectivity index (χ0n) is 20.1. The van der Waals surface area contributed by atoms with Gasteiger partial charge in [0.05, 0.1) is 12.3 Å². The molecule has 6 heteroatoms. The number of carbonyl (C=O) groups excluding carboxylic acids is 1. The highest BCUT2D eigenvalue weighted by atomic mass is 16.5. The number of esters is 1. The van der Waals surface area contributed by atoms with Gasteiger partial charge in [0.1, 0.15) is 11.9 Å². The van der Waals surface area contributed by atoms with E-state index in [4.69, 9.17) is 14.6 Å². The van der Waals surface area contributed by atoms with Gasteiger partial charge in [-0.3, -0.25) is 4.90 Å². The molecule has 3 aromatic rings. The lowest BCUT2D eigenvalue weighted by Gasteiger charge is -2.36. The monoisotopic (exact) mass is 457 g/mol. The van der Waals surface area contributed by atoms with Crippen molar-refractivity contribution in [1.29, 1.82) is 0 Å². The SMILES string of the molecule is CCOC(=O)c1cc2n(n1)C(c1ccc(OC3CN(C)C3)cc1)=C(c1ccccc1C)CCC2. The van der Waals surface area contributed by atoms with E-state index in [2.05, 4.69) is 55.3 Å². The predicted molar refractivity (Wildman–Crippen MR) is 133 cm³/mol. The van der Waals surface area contributed by atoms with Crippen LogP contribution in [0, 0.1) is 6.92 Å². The second-order valence-electron chi connectivity index (χ2n) is 9.13. The quantitative estimate of drug-likeness (QED) is 0.497. The molecule has 0 atom stereocenters. The van der Waals surface area contributed by atoms with Crippen LogP contribution in [-0.2, 0) is 11.2 Å². The van der Waals surface area contributed by atoms with E-state index in [0.29, 0.717) is 12.3 Å². The van der Waals surface area contributed by atoms with Gasteiger partial charge in [0.15, 0.2) is 5.69 Å². The summed E-state index contributed by atoms with van der Waals surface area (Å²) in [6.45, 7) is 6.20. The van der Waals surface area contributed by atoms with Crippen LogP contribution >= 0.6 is 0 Å². The number of fused-ring (bicyclic) bond motifs is 1. The van der Waals surface area contributed by atoms with Crippen LogP contribution in [0.1, 0.15) is 52.6 Å². The van der Waals surface area contributed by atoms with Gasteiger partial charge >= 0.3 is 5.97 Å². The third-order valence-corrected chi connectivity index (χ3v) is 6.56. The maximum absolute atomic E-state index is 12.5. The molecule has 34 heavy (non-hydrogen) atoms. The number of nitrogens with zero attached hydrogens (tertiary/aromatic N) is 3. The Morgan fingerprint density at radius 1 is 1.09 bits per heavy atom. The molecule has 176 valence electrons. The van der Waals surface area contributed by atoms with Crippen molar-refractivity contribution in [2.75, 3.05) is 26.7 Å². The van der Waals surface area contributed by atoms with Crippen molar-refractivity contribution >= 4 is 17.2 Å². The highest BCUT2D eigenvalue weighted by molar-refractivity contribution is 5.93. The van der Waals surface area contributed by atoms with Crippen LogP contribution < -0.4 is 4.74 Å². The van der Waals surface area contributed by atoms with E-state index in [9.17, 15) is 4.79 Å². The third kappa shape index (κ3) is 4.38. The maximum atomic E-state index is 12.5. The molecule has 0 bridgehead atoms. The van der Waals surface area contributed by atoms with Crippen molar-refractivity contribution in [3.05, 3.63) is 82.7 Å². The van der Waals surface area contributed by atoms with Crippen LogP contribution in [0.15, 0.2) is 54.6 Å². The van der Waals surface area contributed by atoms with Crippen LogP contribution in [0.4, 0.5) is 0 Å². The zero-order valence-corrected chi connectivity index (χ0v) is 20.1. The molecule has 2 aromatic carbocycles. The number of hydrogen-bond acceptors (Lipinski definition) is 5. The van der Waals surface area contributed by atoms with Crippen LogP contribution in [0.2, 0.25) is 0 Å². The van der Waals surface area contributed by atoms with Crippen molar-refractivity contribution in [2.24, 2.45) is 0 Å². The summed E-state index contributed by atoms with van der Waals surface area (Å²) in [5, 5.41) is 4.74. The van der Waals surface area contributed by atoms with E-state index < -0.39 is 0 Å². The van der Waals surface area contributed by atoms with Crippen LogP contribution in [0.25, 0.3) is 11.3 Å². The number of likely N-dealkylation sites (tertiary alicyclic amines) is 1. The molecule has 3 heterocycles. The molecule has 5 rings (SSSR count).